The van der Waals surface area contributed by atoms with E-state index in [1.165, 1.54) is 47.7 Å². The quantitative estimate of drug-likeness (QED) is 0.0163. The van der Waals surface area contributed by atoms with Gasteiger partial charge < -0.3 is 96.5 Å². The molecule has 13 aromatic rings. The van der Waals surface area contributed by atoms with Gasteiger partial charge in [0.25, 0.3) is 45.9 Å². The van der Waals surface area contributed by atoms with Gasteiger partial charge in [-0.25, -0.2) is 43.5 Å². The number of amides is 4. The number of aromatic amines is 5. The van der Waals surface area contributed by atoms with Gasteiger partial charge in [0.1, 0.15) is 53.3 Å². The van der Waals surface area contributed by atoms with Crippen LogP contribution in [0.1, 0.15) is 148 Å². The van der Waals surface area contributed by atoms with Gasteiger partial charge in [-0.3, -0.25) is 52.7 Å². The van der Waals surface area contributed by atoms with Crippen molar-refractivity contribution in [3.63, 3.8) is 0 Å². The van der Waals surface area contributed by atoms with Crippen LogP contribution in [0.3, 0.4) is 0 Å². The van der Waals surface area contributed by atoms with Crippen LogP contribution in [0.5, 0.6) is 0 Å². The van der Waals surface area contributed by atoms with Crippen molar-refractivity contribution in [1.82, 2.24) is 81.8 Å². The van der Waals surface area contributed by atoms with E-state index in [0.717, 1.165) is 55.8 Å². The maximum atomic E-state index is 15.1. The van der Waals surface area contributed by atoms with Crippen LogP contribution in [0, 0.1) is 84.4 Å². The number of rotatable bonds is 39. The van der Waals surface area contributed by atoms with Gasteiger partial charge in [0, 0.05) is 87.1 Å². The molecule has 6 heterocycles. The number of thiophene rings is 1. The number of hydrogen-bond acceptors (Lipinski definition) is 27. The minimum Gasteiger partial charge on any atom is -0.481 e. The lowest BCUT2D eigenvalue weighted by Gasteiger charge is -2.24. The largest absolute Gasteiger partial charge is 0.481 e. The molecule has 44 heteroatoms. The molecule has 42 nitrogen and oxygen atoms in total. The summed E-state index contributed by atoms with van der Waals surface area (Å²) in [6, 6.07) is 33.0. The number of nitrogens with zero attached hydrogens (tertiary/aromatic N) is 11. The van der Waals surface area contributed by atoms with Crippen molar-refractivity contribution >= 4 is 142 Å². The number of carbonyl (C=O) groups is 11. The predicted molar refractivity (Wildman–Crippen MR) is 522 cm³/mol. The topological polar surface area (TPSA) is 628 Å². The third-order valence-corrected chi connectivity index (χ3v) is 23.0. The molecule has 0 saturated heterocycles. The zero-order chi connectivity index (χ0) is 103. The minimum atomic E-state index is -1.32. The molecule has 0 fully saturated rings. The molecule has 0 aliphatic carbocycles. The van der Waals surface area contributed by atoms with E-state index in [4.69, 9.17) is 34.6 Å². The SMILES string of the molecule is C#CCN(Cc1cc2c(=O)[nH]c(C)nc2cc1C)c1ccc(C(=O)N[C@@H](CCC(=O)O)C(=O)O)cc1.C#CCN(Cc1cc2c(=O)[nH]c(C)nc2cc1C)c1ccc(C(=O)N[C@@H](CCc2nn[nH]n2)C(=O)O)c(F)c1.C#CCN(Cc1ccc2nc(C)[nH]c(=O)c2c1)c1ccc(C(=O)N[C@@H](CCC(=O)O)C(=O)O)cc1.Cc1nc2ccc(CN(C)c3ccc(C(=O)N[C@@H](CCC(=O)O)C(=O)O)s3)cc2c(=O)[nH]1. The fraction of sp³-hybridized carbons (Fsp3) is 0.265. The third-order valence-electron chi connectivity index (χ3n) is 21.8. The maximum Gasteiger partial charge on any atom is 0.326 e. The number of aryl methyl sites for hydroxylation is 7. The first-order valence-corrected chi connectivity index (χ1v) is 44.3. The Morgan fingerprint density at radius 2 is 0.782 bits per heavy atom. The standard InChI is InChI=1S/C26H25FN8O4.C26H26N4O6.C25H24N4O6.C21H22N4O6S/c1-4-9-35(13-16-11-19-22(10-14(16)2)28-15(3)29-25(19)37)17-5-6-18(20(27)12-17)24(36)30-21(26(38)39)7-8-23-31-33-34-32-23;1-4-11-30(14-18-13-20-22(12-15(18)2)27-16(3)28-25(20)34)19-7-5-17(6-8-19)24(33)29-21(26(35)36)9-10-23(31)32;1-3-12-29(14-16-4-9-20-19(13-16)24(33)27-15(2)26-20)18-7-5-17(6-8-18)23(32)28-21(25(34)35)10-11-22(30)31;1-11-22-14-4-3-12(9-13(14)19(28)23-11)10-25(2)17-7-6-16(32-17)20(29)24-15(21(30)31)5-8-18(26)27/h1,5-6,10-12,21H,7-9,13H2,2-3H3,(H,30,36)(H,38,39)(H,28,29,37)(H,31,32,33,34);1,5-8,12-13,21H,9-11,14H2,2-3H3,(H,29,33)(H,31,32)(H,35,36)(H,27,28,34);1,4-9,13,21H,10-12,14H2,2H3,(H,28,32)(H,30,31)(H,34,35)(H,26,27,33);3-4,6-7,9,15H,5,8,10H2,1-2H3,(H,24,29)(H,26,27)(H,30,31)(H,22,23,28)/t3*21-;15-/m0000/s1. The molecule has 7 aromatic carbocycles. The number of benzene rings is 7. The highest BCUT2D eigenvalue weighted by molar-refractivity contribution is 7.18. The fourth-order valence-corrected chi connectivity index (χ4v) is 15.5. The average Bonchev–Trinajstić information content (AvgIpc) is 1.04. The van der Waals surface area contributed by atoms with Gasteiger partial charge in [0.05, 0.1) is 78.7 Å². The van der Waals surface area contributed by atoms with Crippen molar-refractivity contribution in [2.75, 3.05) is 46.3 Å². The molecule has 4 amide bonds. The number of halogens is 1. The van der Waals surface area contributed by atoms with Gasteiger partial charge in [-0.2, -0.15) is 5.21 Å². The summed E-state index contributed by atoms with van der Waals surface area (Å²) < 4.78 is 15.1. The molecule has 0 spiro atoms. The molecule has 13 rings (SSSR count). The lowest BCUT2D eigenvalue weighted by Crippen LogP contribution is -2.41. The van der Waals surface area contributed by atoms with E-state index in [1.807, 2.05) is 59.9 Å². The van der Waals surface area contributed by atoms with E-state index in [1.54, 1.807) is 105 Å². The lowest BCUT2D eigenvalue weighted by molar-refractivity contribution is -0.142. The van der Waals surface area contributed by atoms with Crippen molar-refractivity contribution in [3.05, 3.63) is 271 Å². The molecule has 142 heavy (non-hydrogen) atoms. The summed E-state index contributed by atoms with van der Waals surface area (Å²) in [6.45, 7) is 12.9. The second-order valence-corrected chi connectivity index (χ2v) is 33.5. The van der Waals surface area contributed by atoms with Crippen LogP contribution >= 0.6 is 11.3 Å². The zero-order valence-electron chi connectivity index (χ0n) is 77.4. The summed E-state index contributed by atoms with van der Waals surface area (Å²) in [6.07, 6.45) is 15.0. The summed E-state index contributed by atoms with van der Waals surface area (Å²) in [4.78, 5) is 213. The molecule has 0 radical (unpaired) electrons. The van der Waals surface area contributed by atoms with Crippen molar-refractivity contribution in [2.45, 2.75) is 143 Å². The van der Waals surface area contributed by atoms with Crippen molar-refractivity contribution in [2.24, 2.45) is 0 Å². The first-order valence-electron chi connectivity index (χ1n) is 43.4. The lowest BCUT2D eigenvalue weighted by atomic mass is 10.0. The van der Waals surface area contributed by atoms with Crippen LogP contribution in [0.15, 0.2) is 159 Å². The molecule has 0 saturated carbocycles. The Labute approximate surface area is 810 Å². The van der Waals surface area contributed by atoms with Crippen LogP contribution in [-0.4, -0.2) is 213 Å². The minimum absolute atomic E-state index is 0.0146. The number of tetrazole rings is 1. The Kier molecular flexibility index (Phi) is 36.6. The van der Waals surface area contributed by atoms with E-state index < -0.39 is 95.4 Å². The summed E-state index contributed by atoms with van der Waals surface area (Å²) in [5.74, 6) is -2.01. The second-order valence-electron chi connectivity index (χ2n) is 32.5. The Balaban J connectivity index is 0.000000195. The van der Waals surface area contributed by atoms with Crippen LogP contribution in [0.2, 0.25) is 0 Å². The highest BCUT2D eigenvalue weighted by Gasteiger charge is 2.29. The van der Waals surface area contributed by atoms with Gasteiger partial charge in [-0.1, -0.05) is 35.1 Å². The number of carbonyl (C=O) groups excluding carboxylic acids is 4. The van der Waals surface area contributed by atoms with Crippen LogP contribution in [0.4, 0.5) is 26.5 Å². The third kappa shape index (κ3) is 29.4. The Bertz CT molecular complexity index is 7350. The normalized spacial score (nSPS) is 11.6. The van der Waals surface area contributed by atoms with Crippen LogP contribution in [-0.2, 0) is 66.2 Å². The summed E-state index contributed by atoms with van der Waals surface area (Å²) in [5, 5.41) is 88.6. The maximum absolute atomic E-state index is 15.1. The number of carboxylic acid groups (broad SMARTS) is 7. The van der Waals surface area contributed by atoms with E-state index in [9.17, 15) is 92.3 Å². The average molecular weight is 1960 g/mol. The number of aliphatic carboxylic acids is 7. The first kappa shape index (κ1) is 106. The summed E-state index contributed by atoms with van der Waals surface area (Å²) >= 11 is 1.18. The van der Waals surface area contributed by atoms with E-state index >= 15 is 4.39 Å². The molecule has 16 N–H and O–H groups in total. The van der Waals surface area contributed by atoms with Crippen molar-refractivity contribution < 1.29 is 92.9 Å². The molecule has 0 aliphatic rings. The van der Waals surface area contributed by atoms with E-state index in [2.05, 4.69) is 99.5 Å². The Morgan fingerprint density at radius 1 is 0.415 bits per heavy atom. The molecule has 6 aromatic heterocycles. The molecule has 0 unspecified atom stereocenters. The van der Waals surface area contributed by atoms with Gasteiger partial charge in [-0.15, -0.1) is 40.8 Å². The van der Waals surface area contributed by atoms with Gasteiger partial charge in [0.15, 0.2) is 5.82 Å². The van der Waals surface area contributed by atoms with Crippen molar-refractivity contribution in [3.8, 4) is 37.0 Å². The molecule has 734 valence electrons. The van der Waals surface area contributed by atoms with Crippen LogP contribution in [0.25, 0.3) is 43.6 Å². The number of carboxylic acids is 7. The predicted octanol–water partition coefficient (Wildman–Crippen LogP) is 7.77. The van der Waals surface area contributed by atoms with Crippen LogP contribution < -0.4 is 63.1 Å². The highest BCUT2D eigenvalue weighted by atomic mass is 32.1. The van der Waals surface area contributed by atoms with E-state index in [-0.39, 0.29) is 122 Å². The first-order chi connectivity index (χ1) is 67.5. The highest BCUT2D eigenvalue weighted by Crippen LogP contribution is 2.30. The summed E-state index contributed by atoms with van der Waals surface area (Å²) in [5.41, 5.74) is 8.66. The van der Waals surface area contributed by atoms with Gasteiger partial charge in [-0.05, 0) is 228 Å². The fourth-order valence-electron chi connectivity index (χ4n) is 14.6. The molecular weight excluding hydrogens is 1860 g/mol. The zero-order valence-corrected chi connectivity index (χ0v) is 78.2. The number of fused-ring (bicyclic) bond motifs is 4. The van der Waals surface area contributed by atoms with Crippen molar-refractivity contribution in [1.29, 1.82) is 0 Å². The summed E-state index contributed by atoms with van der Waals surface area (Å²) in [7, 11) is 1.84. The number of H-pyrrole nitrogens is 5. The second kappa shape index (κ2) is 49.0. The molecule has 0 aliphatic heterocycles. The number of terminal acetylenes is 3. The van der Waals surface area contributed by atoms with E-state index in [0.29, 0.717) is 97.1 Å². The smallest absolute Gasteiger partial charge is 0.326 e. The van der Waals surface area contributed by atoms with Gasteiger partial charge in [0.2, 0.25) is 0 Å². The number of nitrogens with one attached hydrogen (secondary N) is 9. The number of hydrogen-bond donors (Lipinski definition) is 16. The molecule has 4 atom stereocenters. The monoisotopic (exact) mass is 1960 g/mol. The molecular formula is C98H97FN20O22S. The molecule has 0 bridgehead atoms. The number of aromatic nitrogens is 12. The Hall–Kier alpha value is -18.2. The van der Waals surface area contributed by atoms with Gasteiger partial charge >= 0.3 is 41.8 Å². The Morgan fingerprint density at radius 3 is 1.17 bits per heavy atom. The number of anilines is 4.